The summed E-state index contributed by atoms with van der Waals surface area (Å²) in [7, 11) is 0. The zero-order valence-electron chi connectivity index (χ0n) is 21.2. The number of nitrogens with zero attached hydrogens (tertiary/aromatic N) is 2. The van der Waals surface area contributed by atoms with Gasteiger partial charge in [-0.1, -0.05) is 104 Å². The fourth-order valence-electron chi connectivity index (χ4n) is 3.75. The van der Waals surface area contributed by atoms with Crippen molar-refractivity contribution in [3.05, 3.63) is 40.2 Å². The topological polar surface area (TPSA) is 17.3 Å². The van der Waals surface area contributed by atoms with Crippen LogP contribution in [0.1, 0.15) is 104 Å². The molecule has 0 unspecified atom stereocenters. The molecule has 0 aliphatic carbocycles. The number of benzene rings is 1. The van der Waals surface area contributed by atoms with Crippen LogP contribution in [-0.4, -0.2) is 31.1 Å². The Kier molecular flexibility index (Phi) is 9.57. The Labute approximate surface area is 193 Å². The van der Waals surface area contributed by atoms with E-state index < -0.39 is 0 Å². The molecule has 160 valence electrons. The van der Waals surface area contributed by atoms with Crippen molar-refractivity contribution in [2.45, 2.75) is 98.4 Å². The largest absolute Gasteiger partial charge is 1.00 e. The van der Waals surface area contributed by atoms with Crippen LogP contribution in [0.15, 0.2) is 18.2 Å². The summed E-state index contributed by atoms with van der Waals surface area (Å²) in [5.74, 6) is 0. The van der Waals surface area contributed by atoms with Crippen LogP contribution in [0.4, 0.5) is 0 Å². The van der Waals surface area contributed by atoms with Crippen molar-refractivity contribution in [2.75, 3.05) is 26.2 Å². The monoisotopic (exact) mass is 392 g/mol. The molecule has 0 spiro atoms. The maximum Gasteiger partial charge on any atom is 1.00 e. The van der Waals surface area contributed by atoms with Crippen molar-refractivity contribution < 1.29 is 18.9 Å². The smallest absolute Gasteiger partial charge is 0.654 e. The Balaban J connectivity index is 0.00000420. The van der Waals surface area contributed by atoms with Gasteiger partial charge >= 0.3 is 18.9 Å². The molecule has 3 heteroatoms. The summed E-state index contributed by atoms with van der Waals surface area (Å²) in [6.07, 6.45) is 4.05. The molecule has 29 heavy (non-hydrogen) atoms. The quantitative estimate of drug-likeness (QED) is 0.686. The summed E-state index contributed by atoms with van der Waals surface area (Å²) in [5.41, 5.74) is 4.81. The van der Waals surface area contributed by atoms with Gasteiger partial charge in [-0.05, 0) is 54.4 Å². The van der Waals surface area contributed by atoms with E-state index >= 15 is 0 Å². The van der Waals surface area contributed by atoms with Gasteiger partial charge in [0.2, 0.25) is 0 Å². The first kappa shape index (κ1) is 26.8. The number of piperidine rings is 1. The molecule has 0 bridgehead atoms. The summed E-state index contributed by atoms with van der Waals surface area (Å²) in [6.45, 7) is 25.3. The molecule has 0 amide bonds. The minimum Gasteiger partial charge on any atom is -0.654 e. The number of hydrogen-bond donors (Lipinski definition) is 0. The third kappa shape index (κ3) is 8.78. The molecule has 1 aromatic rings. The van der Waals surface area contributed by atoms with Crippen LogP contribution >= 0.6 is 0 Å². The molecule has 0 radical (unpaired) electrons. The van der Waals surface area contributed by atoms with Crippen molar-refractivity contribution >= 4 is 0 Å². The Hall–Kier alpha value is -0.263. The van der Waals surface area contributed by atoms with E-state index in [1.54, 1.807) is 0 Å². The normalized spacial score (nSPS) is 17.7. The molecule has 1 aromatic carbocycles. The van der Waals surface area contributed by atoms with E-state index in [0.29, 0.717) is 0 Å². The van der Waals surface area contributed by atoms with Gasteiger partial charge in [-0.15, -0.1) is 6.54 Å². The zero-order chi connectivity index (χ0) is 21.2. The van der Waals surface area contributed by atoms with Crippen LogP contribution < -0.4 is 18.9 Å². The fourth-order valence-corrected chi connectivity index (χ4v) is 3.75. The second-order valence-electron chi connectivity index (χ2n) is 12.1. The van der Waals surface area contributed by atoms with E-state index in [1.165, 1.54) is 49.0 Å². The van der Waals surface area contributed by atoms with Crippen molar-refractivity contribution in [1.82, 2.24) is 4.90 Å². The molecular weight excluding hydrogens is 347 g/mol. The van der Waals surface area contributed by atoms with Gasteiger partial charge in [-0.3, -0.25) is 0 Å². The van der Waals surface area contributed by atoms with E-state index in [4.69, 9.17) is 5.32 Å². The van der Waals surface area contributed by atoms with E-state index in [1.807, 2.05) is 0 Å². The van der Waals surface area contributed by atoms with Crippen molar-refractivity contribution in [2.24, 2.45) is 5.41 Å². The predicted octanol–water partition coefficient (Wildman–Crippen LogP) is 4.23. The third-order valence-corrected chi connectivity index (χ3v) is 5.74. The Morgan fingerprint density at radius 2 is 1.28 bits per heavy atom. The van der Waals surface area contributed by atoms with E-state index in [2.05, 4.69) is 85.4 Å². The molecule has 0 aromatic heterocycles. The average molecular weight is 393 g/mol. The molecule has 1 heterocycles. The van der Waals surface area contributed by atoms with E-state index in [9.17, 15) is 0 Å². The zero-order valence-corrected chi connectivity index (χ0v) is 21.2. The molecule has 0 N–H and O–H groups in total. The van der Waals surface area contributed by atoms with Crippen LogP contribution in [0.3, 0.4) is 0 Å². The fraction of sp³-hybridized carbons (Fsp3) is 0.769. The minimum atomic E-state index is 0. The Bertz CT molecular complexity index is 593. The van der Waals surface area contributed by atoms with Gasteiger partial charge in [0, 0.05) is 0 Å². The molecule has 1 atom stereocenters. The van der Waals surface area contributed by atoms with Crippen LogP contribution in [0.25, 0.3) is 5.32 Å². The van der Waals surface area contributed by atoms with Crippen molar-refractivity contribution in [1.29, 1.82) is 0 Å². The molecule has 1 saturated heterocycles. The molecule has 1 fully saturated rings. The van der Waals surface area contributed by atoms with Crippen LogP contribution in [0, 0.1) is 5.41 Å². The number of hydrogen-bond acceptors (Lipinski definition) is 1. The molecule has 1 aliphatic heterocycles. The first-order valence-corrected chi connectivity index (χ1v) is 11.3. The Morgan fingerprint density at radius 3 is 1.69 bits per heavy atom. The maximum atomic E-state index is 5.26. The maximum absolute atomic E-state index is 5.26. The predicted molar refractivity (Wildman–Crippen MR) is 125 cm³/mol. The van der Waals surface area contributed by atoms with Crippen LogP contribution in [0.5, 0.6) is 0 Å². The number of rotatable bonds is 5. The molecule has 1 aliphatic rings. The SMILES string of the molecule is CC(C)(C)C[N-][C@@H](CN1CCCCC1)c1cc(C(C)(C)C)cc(C(C)(C)C)c1.[Li+]. The molecule has 0 saturated carbocycles. The molecular formula is C26H45LiN2. The van der Waals surface area contributed by atoms with E-state index in [-0.39, 0.29) is 41.1 Å². The molecule has 2 rings (SSSR count). The third-order valence-electron chi connectivity index (χ3n) is 5.74. The van der Waals surface area contributed by atoms with Gasteiger partial charge < -0.3 is 10.2 Å². The van der Waals surface area contributed by atoms with Crippen molar-refractivity contribution in [3.8, 4) is 0 Å². The summed E-state index contributed by atoms with van der Waals surface area (Å²) >= 11 is 0. The van der Waals surface area contributed by atoms with Gasteiger partial charge in [0.05, 0.1) is 0 Å². The van der Waals surface area contributed by atoms with Gasteiger partial charge in [0.1, 0.15) is 0 Å². The second-order valence-corrected chi connectivity index (χ2v) is 12.1. The van der Waals surface area contributed by atoms with E-state index in [0.717, 1.165) is 13.1 Å². The summed E-state index contributed by atoms with van der Waals surface area (Å²) in [6, 6.07) is 7.57. The standard InChI is InChI=1S/C26H45N2.Li/c1-24(2,3)19-27-23(18-28-13-11-10-12-14-28)20-15-21(25(4,5)6)17-22(16-20)26(7,8)9;/h15-17,23H,10-14,18-19H2,1-9H3;/q-1;+1/t23-;/m0./s1. The van der Waals surface area contributed by atoms with Crippen LogP contribution in [0.2, 0.25) is 0 Å². The van der Waals surface area contributed by atoms with Gasteiger partial charge in [0.25, 0.3) is 0 Å². The van der Waals surface area contributed by atoms with Gasteiger partial charge in [-0.25, -0.2) is 0 Å². The summed E-state index contributed by atoms with van der Waals surface area (Å²) in [5, 5.41) is 5.26. The summed E-state index contributed by atoms with van der Waals surface area (Å²) in [4.78, 5) is 2.64. The van der Waals surface area contributed by atoms with Gasteiger partial charge in [-0.2, -0.15) is 0 Å². The molecule has 2 nitrogen and oxygen atoms in total. The first-order valence-electron chi connectivity index (χ1n) is 11.3. The van der Waals surface area contributed by atoms with Gasteiger partial charge in [0.15, 0.2) is 0 Å². The first-order chi connectivity index (χ1) is 12.8. The Morgan fingerprint density at radius 1 is 0.793 bits per heavy atom. The van der Waals surface area contributed by atoms with Crippen LogP contribution in [-0.2, 0) is 10.8 Å². The summed E-state index contributed by atoms with van der Waals surface area (Å²) < 4.78 is 0. The minimum absolute atomic E-state index is 0. The average Bonchev–Trinajstić information content (AvgIpc) is 2.56. The number of likely N-dealkylation sites (tertiary alicyclic amines) is 1. The van der Waals surface area contributed by atoms with Crippen molar-refractivity contribution in [3.63, 3.8) is 0 Å². The second kappa shape index (κ2) is 10.4.